The van der Waals surface area contributed by atoms with E-state index >= 15 is 0 Å². The van der Waals surface area contributed by atoms with Crippen LogP contribution in [-0.4, -0.2) is 44.5 Å². The Hall–Kier alpha value is -6.10. The molecule has 6 aromatic rings. The van der Waals surface area contributed by atoms with Crippen LogP contribution in [0.3, 0.4) is 0 Å². The lowest BCUT2D eigenvalue weighted by Crippen LogP contribution is -2.29. The summed E-state index contributed by atoms with van der Waals surface area (Å²) < 4.78 is 81.7. The monoisotopic (exact) mass is 974 g/mol. The van der Waals surface area contributed by atoms with Gasteiger partial charge in [-0.1, -0.05) is 76.6 Å². The van der Waals surface area contributed by atoms with Gasteiger partial charge in [-0.15, -0.1) is 0 Å². The van der Waals surface area contributed by atoms with Gasteiger partial charge < -0.3 is 20.4 Å². The molecule has 0 unspecified atom stereocenters. The van der Waals surface area contributed by atoms with E-state index in [1.54, 1.807) is 11.6 Å². The van der Waals surface area contributed by atoms with E-state index in [0.29, 0.717) is 79.3 Å². The first-order valence-electron chi connectivity index (χ1n) is 21.8. The Kier molecular flexibility index (Phi) is 13.1. The summed E-state index contributed by atoms with van der Waals surface area (Å²) in [6.45, 7) is 10.8. The second kappa shape index (κ2) is 18.6. The fraction of sp³-hybridized carbons (Fsp3) is 0.347. The maximum absolute atomic E-state index is 13.3. The van der Waals surface area contributed by atoms with Gasteiger partial charge in [-0.2, -0.15) is 36.5 Å². The van der Waals surface area contributed by atoms with Crippen LogP contribution >= 0.6 is 15.9 Å². The number of nitrogens with zero attached hydrogens (tertiary/aromatic N) is 6. The Morgan fingerprint density at radius 2 is 0.985 bits per heavy atom. The first-order valence-corrected chi connectivity index (χ1v) is 22.6. The molecule has 346 valence electrons. The third-order valence-corrected chi connectivity index (χ3v) is 12.8. The van der Waals surface area contributed by atoms with Crippen LogP contribution in [0.4, 0.5) is 38.0 Å². The van der Waals surface area contributed by atoms with Crippen LogP contribution in [0.1, 0.15) is 116 Å². The molecule has 2 aliphatic heterocycles. The SMILES string of the molecule is Cc1nn2c(c1C(=O)N[C@@H](C)c1ccc(Br)cc1)N(Cc1ccc(C(F)(F)F)cc1)CC2.Cc1nn2c(c1C(=O)N[C@@H](C)c1ccc(C3CC3)cc1)N(Cc1ccc(C(F)(F)F)cc1)CC2. The Morgan fingerprint density at radius 1 is 0.606 bits per heavy atom. The summed E-state index contributed by atoms with van der Waals surface area (Å²) in [6.07, 6.45) is -6.22. The number of benzene rings is 4. The highest BCUT2D eigenvalue weighted by molar-refractivity contribution is 9.10. The Labute approximate surface area is 387 Å². The molecule has 9 rings (SSSR count). The van der Waals surface area contributed by atoms with Gasteiger partial charge in [0.25, 0.3) is 11.8 Å². The van der Waals surface area contributed by atoms with Crippen molar-refractivity contribution in [2.24, 2.45) is 0 Å². The Bertz CT molecular complexity index is 2690. The standard InChI is InChI=1S/C26H27F3N4O.C23H22BrF3N4O/c1-16(19-5-7-20(8-6-19)21-9-10-21)30-24(34)23-17(2)31-33-14-13-32(25(23)33)15-18-3-11-22(12-4-18)26(27,28)29;1-14(17-5-9-19(24)10-6-17)28-21(32)20-15(2)29-31-12-11-30(22(20)31)13-16-3-7-18(8-4-16)23(25,26)27/h3-8,11-12,16,21H,9-10,13-15H2,1-2H3,(H,30,34);3-10,14H,11-13H2,1-2H3,(H,28,32)/t16-;14-/m00/s1. The van der Waals surface area contributed by atoms with E-state index in [0.717, 1.165) is 51.0 Å². The summed E-state index contributed by atoms with van der Waals surface area (Å²) >= 11 is 3.41. The van der Waals surface area contributed by atoms with Crippen molar-refractivity contribution < 1.29 is 35.9 Å². The Morgan fingerprint density at radius 3 is 1.35 bits per heavy atom. The highest BCUT2D eigenvalue weighted by atomic mass is 79.9. The average molecular weight is 976 g/mol. The van der Waals surface area contributed by atoms with Gasteiger partial charge in [0.2, 0.25) is 0 Å². The zero-order chi connectivity index (χ0) is 47.1. The van der Waals surface area contributed by atoms with Crippen molar-refractivity contribution in [2.45, 2.75) is 97.1 Å². The minimum Gasteiger partial charge on any atom is -0.350 e. The number of carbonyl (C=O) groups is 2. The van der Waals surface area contributed by atoms with Crippen molar-refractivity contribution in [2.75, 3.05) is 22.9 Å². The molecule has 4 heterocycles. The number of aryl methyl sites for hydroxylation is 2. The van der Waals surface area contributed by atoms with Gasteiger partial charge in [0.05, 0.1) is 47.7 Å². The molecule has 0 radical (unpaired) electrons. The van der Waals surface area contributed by atoms with Gasteiger partial charge in [0, 0.05) is 30.7 Å². The van der Waals surface area contributed by atoms with Crippen LogP contribution in [0.5, 0.6) is 0 Å². The predicted molar refractivity (Wildman–Crippen MR) is 243 cm³/mol. The lowest BCUT2D eigenvalue weighted by atomic mass is 10.0. The van der Waals surface area contributed by atoms with Crippen LogP contribution in [-0.2, 0) is 38.5 Å². The van der Waals surface area contributed by atoms with E-state index < -0.39 is 23.5 Å². The van der Waals surface area contributed by atoms with E-state index in [9.17, 15) is 35.9 Å². The van der Waals surface area contributed by atoms with Gasteiger partial charge in [-0.05, 0) is 111 Å². The van der Waals surface area contributed by atoms with Crippen LogP contribution < -0.4 is 20.4 Å². The number of fused-ring (bicyclic) bond motifs is 2. The van der Waals surface area contributed by atoms with E-state index in [1.807, 2.05) is 59.5 Å². The molecule has 4 aromatic carbocycles. The topological polar surface area (TPSA) is 100 Å². The molecule has 0 saturated heterocycles. The second-order valence-corrected chi connectivity index (χ2v) is 18.0. The summed E-state index contributed by atoms with van der Waals surface area (Å²) in [4.78, 5) is 30.5. The van der Waals surface area contributed by atoms with Crippen LogP contribution in [0.25, 0.3) is 0 Å². The number of hydrogen-bond acceptors (Lipinski definition) is 6. The number of carbonyl (C=O) groups excluding carboxylic acids is 2. The van der Waals surface area contributed by atoms with Crippen molar-refractivity contribution in [3.63, 3.8) is 0 Å². The van der Waals surface area contributed by atoms with Gasteiger partial charge in [-0.25, -0.2) is 9.36 Å². The lowest BCUT2D eigenvalue weighted by molar-refractivity contribution is -0.138. The number of aromatic nitrogens is 4. The van der Waals surface area contributed by atoms with Crippen LogP contribution in [0.15, 0.2) is 102 Å². The lowest BCUT2D eigenvalue weighted by Gasteiger charge is -2.21. The van der Waals surface area contributed by atoms with Crippen LogP contribution in [0.2, 0.25) is 0 Å². The van der Waals surface area contributed by atoms with Gasteiger partial charge in [-0.3, -0.25) is 9.59 Å². The highest BCUT2D eigenvalue weighted by Gasteiger charge is 2.34. The normalized spacial score (nSPS) is 15.4. The average Bonchev–Trinajstić information content (AvgIpc) is 3.69. The number of rotatable bonds is 11. The summed E-state index contributed by atoms with van der Waals surface area (Å²) in [5.41, 5.74) is 5.79. The number of nitrogens with one attached hydrogen (secondary N) is 2. The molecule has 66 heavy (non-hydrogen) atoms. The van der Waals surface area contributed by atoms with Gasteiger partial charge in [0.1, 0.15) is 22.8 Å². The number of anilines is 2. The molecular formula is C49H49BrF6N8O2. The molecule has 0 bridgehead atoms. The number of hydrogen-bond donors (Lipinski definition) is 2. The molecule has 3 aliphatic rings. The molecular weight excluding hydrogens is 926 g/mol. The molecule has 1 saturated carbocycles. The molecule has 1 aliphatic carbocycles. The summed E-state index contributed by atoms with van der Waals surface area (Å²) in [7, 11) is 0. The van der Waals surface area contributed by atoms with Crippen molar-refractivity contribution in [3.05, 3.63) is 163 Å². The van der Waals surface area contributed by atoms with Gasteiger partial charge >= 0.3 is 12.4 Å². The third-order valence-electron chi connectivity index (χ3n) is 12.3. The van der Waals surface area contributed by atoms with E-state index in [1.165, 1.54) is 42.7 Å². The summed E-state index contributed by atoms with van der Waals surface area (Å²) in [6, 6.07) is 26.1. The van der Waals surface area contributed by atoms with Crippen molar-refractivity contribution in [1.82, 2.24) is 30.2 Å². The van der Waals surface area contributed by atoms with E-state index in [4.69, 9.17) is 0 Å². The highest BCUT2D eigenvalue weighted by Crippen LogP contribution is 2.40. The largest absolute Gasteiger partial charge is 0.416 e. The number of halogens is 7. The maximum Gasteiger partial charge on any atom is 0.416 e. The van der Waals surface area contributed by atoms with Crippen LogP contribution in [0, 0.1) is 13.8 Å². The first kappa shape index (κ1) is 46.4. The third kappa shape index (κ3) is 10.3. The zero-order valence-corrected chi connectivity index (χ0v) is 38.4. The fourth-order valence-electron chi connectivity index (χ4n) is 8.54. The molecule has 17 heteroatoms. The van der Waals surface area contributed by atoms with Gasteiger partial charge in [0.15, 0.2) is 0 Å². The summed E-state index contributed by atoms with van der Waals surface area (Å²) in [5.74, 6) is 1.68. The zero-order valence-electron chi connectivity index (χ0n) is 36.8. The molecule has 2 amide bonds. The molecule has 2 N–H and O–H groups in total. The molecule has 2 aromatic heterocycles. The smallest absolute Gasteiger partial charge is 0.350 e. The summed E-state index contributed by atoms with van der Waals surface area (Å²) in [5, 5.41) is 15.2. The maximum atomic E-state index is 13.3. The van der Waals surface area contributed by atoms with Crippen molar-refractivity contribution in [1.29, 1.82) is 0 Å². The predicted octanol–water partition coefficient (Wildman–Crippen LogP) is 11.1. The van der Waals surface area contributed by atoms with Crippen molar-refractivity contribution >= 4 is 39.4 Å². The molecule has 2 atom stereocenters. The number of alkyl halides is 6. The second-order valence-electron chi connectivity index (χ2n) is 17.1. The molecule has 10 nitrogen and oxygen atoms in total. The van der Waals surface area contributed by atoms with E-state index in [2.05, 4.69) is 61.0 Å². The number of amides is 2. The first-order chi connectivity index (χ1) is 31.3. The minimum atomic E-state index is -4.36. The quantitative estimate of drug-likeness (QED) is 0.125. The van der Waals surface area contributed by atoms with Crippen molar-refractivity contribution in [3.8, 4) is 0 Å². The fourth-order valence-corrected chi connectivity index (χ4v) is 8.81. The minimum absolute atomic E-state index is 0.166. The molecule has 0 spiro atoms. The molecule has 1 fully saturated rings. The van der Waals surface area contributed by atoms with E-state index in [-0.39, 0.29) is 23.9 Å². The Balaban J connectivity index is 0.000000180.